The van der Waals surface area contributed by atoms with E-state index in [9.17, 15) is 4.79 Å². The molecule has 0 amide bonds. The number of carbonyl (C=O) groups excluding carboxylic acids is 1. The average Bonchev–Trinajstić information content (AvgIpc) is 2.85. The normalized spacial score (nSPS) is 12.9. The Kier molecular flexibility index (Phi) is 3.03. The summed E-state index contributed by atoms with van der Waals surface area (Å²) < 4.78 is 6.16. The Balaban J connectivity index is 2.00. The van der Waals surface area contributed by atoms with Gasteiger partial charge in [-0.25, -0.2) is 0 Å². The van der Waals surface area contributed by atoms with Gasteiger partial charge in [0.25, 0.3) is 0 Å². The summed E-state index contributed by atoms with van der Waals surface area (Å²) in [6.45, 7) is 0.693. The van der Waals surface area contributed by atoms with E-state index in [-0.39, 0.29) is 5.78 Å². The minimum Gasteiger partial charge on any atom is -0.493 e. The van der Waals surface area contributed by atoms with Crippen molar-refractivity contribution in [3.05, 3.63) is 57.6 Å². The number of ketones is 1. The first-order valence-electron chi connectivity index (χ1n) is 6.00. The van der Waals surface area contributed by atoms with Gasteiger partial charge in [-0.05, 0) is 57.9 Å². The van der Waals surface area contributed by atoms with Crippen molar-refractivity contribution >= 4 is 27.4 Å². The third kappa shape index (κ3) is 2.24. The van der Waals surface area contributed by atoms with Crippen molar-refractivity contribution in [1.29, 1.82) is 0 Å². The number of hydrogen-bond donors (Lipinski definition) is 1. The van der Waals surface area contributed by atoms with Gasteiger partial charge in [-0.2, -0.15) is 0 Å². The first kappa shape index (κ1) is 12.2. The fourth-order valence-electron chi connectivity index (χ4n) is 2.20. The highest BCUT2D eigenvalue weighted by Gasteiger charge is 2.17. The van der Waals surface area contributed by atoms with Gasteiger partial charge in [0, 0.05) is 27.7 Å². The third-order valence-corrected chi connectivity index (χ3v) is 3.85. The molecule has 0 aliphatic carbocycles. The molecule has 19 heavy (non-hydrogen) atoms. The minimum atomic E-state index is -0.0124. The van der Waals surface area contributed by atoms with Crippen LogP contribution in [0, 0.1) is 0 Å². The van der Waals surface area contributed by atoms with E-state index in [4.69, 9.17) is 10.5 Å². The van der Waals surface area contributed by atoms with Gasteiger partial charge < -0.3 is 10.5 Å². The van der Waals surface area contributed by atoms with E-state index in [0.29, 0.717) is 27.9 Å². The molecule has 0 saturated heterocycles. The van der Waals surface area contributed by atoms with E-state index in [1.807, 2.05) is 12.1 Å². The number of fused-ring (bicyclic) bond motifs is 1. The molecule has 0 aromatic heterocycles. The summed E-state index contributed by atoms with van der Waals surface area (Å²) in [5.41, 5.74) is 8.70. The molecular weight excluding hydrogens is 306 g/mol. The number of hydrogen-bond acceptors (Lipinski definition) is 3. The number of rotatable bonds is 2. The van der Waals surface area contributed by atoms with Gasteiger partial charge in [0.05, 0.1) is 6.61 Å². The molecule has 0 unspecified atom stereocenters. The highest BCUT2D eigenvalue weighted by atomic mass is 79.9. The van der Waals surface area contributed by atoms with Gasteiger partial charge in [0.15, 0.2) is 5.78 Å². The fourth-order valence-corrected chi connectivity index (χ4v) is 2.78. The summed E-state index contributed by atoms with van der Waals surface area (Å²) in [6.07, 6.45) is 0.860. The largest absolute Gasteiger partial charge is 0.493 e. The second kappa shape index (κ2) is 4.70. The predicted octanol–water partition coefficient (Wildman–Crippen LogP) is 3.20. The Morgan fingerprint density at radius 1 is 1.21 bits per heavy atom. The van der Waals surface area contributed by atoms with E-state index in [1.165, 1.54) is 0 Å². The lowest BCUT2D eigenvalue weighted by Crippen LogP contribution is -2.03. The molecule has 96 valence electrons. The lowest BCUT2D eigenvalue weighted by molar-refractivity contribution is 0.103. The molecule has 0 spiro atoms. The van der Waals surface area contributed by atoms with Crippen molar-refractivity contribution in [1.82, 2.24) is 0 Å². The highest BCUT2D eigenvalue weighted by molar-refractivity contribution is 9.10. The zero-order valence-electron chi connectivity index (χ0n) is 10.2. The van der Waals surface area contributed by atoms with E-state index in [1.54, 1.807) is 24.3 Å². The molecule has 0 fully saturated rings. The summed E-state index contributed by atoms with van der Waals surface area (Å²) in [4.78, 5) is 12.5. The molecule has 0 bridgehead atoms. The SMILES string of the molecule is Nc1ccc(C(=O)c2ccc3c(c2)CCO3)c(Br)c1. The van der Waals surface area contributed by atoms with Crippen molar-refractivity contribution < 1.29 is 9.53 Å². The molecule has 4 heteroatoms. The summed E-state index contributed by atoms with van der Waals surface area (Å²) in [5.74, 6) is 0.870. The number of nitrogen functional groups attached to an aromatic ring is 1. The number of nitrogens with two attached hydrogens (primary N) is 1. The van der Waals surface area contributed by atoms with Crippen molar-refractivity contribution in [2.45, 2.75) is 6.42 Å². The van der Waals surface area contributed by atoms with Crippen LogP contribution in [0.25, 0.3) is 0 Å². The van der Waals surface area contributed by atoms with E-state index in [2.05, 4.69) is 15.9 Å². The summed E-state index contributed by atoms with van der Waals surface area (Å²) in [5, 5.41) is 0. The monoisotopic (exact) mass is 317 g/mol. The van der Waals surface area contributed by atoms with Crippen molar-refractivity contribution in [3.8, 4) is 5.75 Å². The van der Waals surface area contributed by atoms with Crippen LogP contribution in [-0.2, 0) is 6.42 Å². The van der Waals surface area contributed by atoms with Crippen molar-refractivity contribution in [2.24, 2.45) is 0 Å². The first-order valence-corrected chi connectivity index (χ1v) is 6.80. The Bertz CT molecular complexity index is 667. The second-order valence-electron chi connectivity index (χ2n) is 4.49. The van der Waals surface area contributed by atoms with Crippen molar-refractivity contribution in [3.63, 3.8) is 0 Å². The van der Waals surface area contributed by atoms with Gasteiger partial charge >= 0.3 is 0 Å². The Hall–Kier alpha value is -1.81. The maximum Gasteiger partial charge on any atom is 0.194 e. The molecule has 0 atom stereocenters. The third-order valence-electron chi connectivity index (χ3n) is 3.19. The summed E-state index contributed by atoms with van der Waals surface area (Å²) in [6, 6.07) is 10.8. The van der Waals surface area contributed by atoms with Gasteiger partial charge in [0.1, 0.15) is 5.75 Å². The predicted molar refractivity (Wildman–Crippen MR) is 77.6 cm³/mol. The highest BCUT2D eigenvalue weighted by Crippen LogP contribution is 2.28. The molecule has 3 rings (SSSR count). The minimum absolute atomic E-state index is 0.0124. The number of halogens is 1. The van der Waals surface area contributed by atoms with Crippen LogP contribution in [0.3, 0.4) is 0 Å². The zero-order valence-corrected chi connectivity index (χ0v) is 11.7. The summed E-state index contributed by atoms with van der Waals surface area (Å²) >= 11 is 3.38. The lowest BCUT2D eigenvalue weighted by Gasteiger charge is -2.06. The molecule has 0 radical (unpaired) electrons. The van der Waals surface area contributed by atoms with Crippen LogP contribution >= 0.6 is 15.9 Å². The number of benzene rings is 2. The van der Waals surface area contributed by atoms with Crippen LogP contribution in [0.1, 0.15) is 21.5 Å². The second-order valence-corrected chi connectivity index (χ2v) is 5.34. The van der Waals surface area contributed by atoms with E-state index >= 15 is 0 Å². The van der Waals surface area contributed by atoms with Crippen LogP contribution < -0.4 is 10.5 Å². The quantitative estimate of drug-likeness (QED) is 0.683. The molecule has 1 heterocycles. The molecular formula is C15H12BrNO2. The van der Waals surface area contributed by atoms with Crippen LogP contribution in [0.2, 0.25) is 0 Å². The van der Waals surface area contributed by atoms with Crippen LogP contribution in [0.15, 0.2) is 40.9 Å². The molecule has 2 aromatic carbocycles. The lowest BCUT2D eigenvalue weighted by atomic mass is 10.0. The average molecular weight is 318 g/mol. The van der Waals surface area contributed by atoms with E-state index in [0.717, 1.165) is 17.7 Å². The molecule has 3 nitrogen and oxygen atoms in total. The topological polar surface area (TPSA) is 52.3 Å². The molecule has 1 aliphatic heterocycles. The number of anilines is 1. The first-order chi connectivity index (χ1) is 9.15. The fraction of sp³-hybridized carbons (Fsp3) is 0.133. The molecule has 0 saturated carbocycles. The van der Waals surface area contributed by atoms with E-state index < -0.39 is 0 Å². The Morgan fingerprint density at radius 2 is 2.05 bits per heavy atom. The maximum absolute atomic E-state index is 12.5. The standard InChI is InChI=1S/C15H12BrNO2/c16-13-8-11(17)2-3-12(13)15(18)10-1-4-14-9(7-10)5-6-19-14/h1-4,7-8H,5-6,17H2. The van der Waals surface area contributed by atoms with Crippen molar-refractivity contribution in [2.75, 3.05) is 12.3 Å². The number of carbonyl (C=O) groups is 1. The van der Waals surface area contributed by atoms with Crippen LogP contribution in [-0.4, -0.2) is 12.4 Å². The van der Waals surface area contributed by atoms with Crippen LogP contribution in [0.5, 0.6) is 5.75 Å². The summed E-state index contributed by atoms with van der Waals surface area (Å²) in [7, 11) is 0. The smallest absolute Gasteiger partial charge is 0.194 e. The number of ether oxygens (including phenoxy) is 1. The maximum atomic E-state index is 12.5. The Labute approximate surface area is 119 Å². The molecule has 2 aromatic rings. The Morgan fingerprint density at radius 3 is 2.84 bits per heavy atom. The van der Waals surface area contributed by atoms with Gasteiger partial charge in [-0.3, -0.25) is 4.79 Å². The molecule has 1 aliphatic rings. The van der Waals surface area contributed by atoms with Gasteiger partial charge in [-0.15, -0.1) is 0 Å². The van der Waals surface area contributed by atoms with Gasteiger partial charge in [0.2, 0.25) is 0 Å². The zero-order chi connectivity index (χ0) is 13.4. The molecule has 2 N–H and O–H groups in total. The van der Waals surface area contributed by atoms with Crippen LogP contribution in [0.4, 0.5) is 5.69 Å². The van der Waals surface area contributed by atoms with Gasteiger partial charge in [-0.1, -0.05) is 0 Å².